The summed E-state index contributed by atoms with van der Waals surface area (Å²) >= 11 is 6.09. The van der Waals surface area contributed by atoms with Gasteiger partial charge in [-0.25, -0.2) is 4.98 Å². The van der Waals surface area contributed by atoms with Crippen LogP contribution in [0.2, 0.25) is 5.02 Å². The molecular weight excluding hydrogens is 276 g/mol. The summed E-state index contributed by atoms with van der Waals surface area (Å²) in [5.74, 6) is 0.457. The highest BCUT2D eigenvalue weighted by molar-refractivity contribution is 6.32. The average molecular weight is 293 g/mol. The first kappa shape index (κ1) is 14.6. The van der Waals surface area contributed by atoms with E-state index in [-0.39, 0.29) is 10.6 Å². The van der Waals surface area contributed by atoms with Crippen molar-refractivity contribution < 1.29 is 0 Å². The molecule has 0 amide bonds. The first-order valence-electron chi connectivity index (χ1n) is 6.41. The molecule has 0 spiro atoms. The number of aromatic amines is 1. The summed E-state index contributed by atoms with van der Waals surface area (Å²) in [6.45, 7) is 3.21. The van der Waals surface area contributed by atoms with Crippen molar-refractivity contribution in [3.05, 3.63) is 51.5 Å². The van der Waals surface area contributed by atoms with Crippen LogP contribution in [-0.2, 0) is 0 Å². The van der Waals surface area contributed by atoms with Crippen molar-refractivity contribution in [2.45, 2.75) is 13.3 Å². The number of benzene rings is 1. The Kier molecular flexibility index (Phi) is 4.76. The summed E-state index contributed by atoms with van der Waals surface area (Å²) < 4.78 is 0. The average Bonchev–Trinajstić information content (AvgIpc) is 2.45. The van der Waals surface area contributed by atoms with Gasteiger partial charge in [-0.1, -0.05) is 29.8 Å². The number of anilines is 2. The Morgan fingerprint density at radius 1 is 1.40 bits per heavy atom. The first-order valence-corrected chi connectivity index (χ1v) is 6.79. The molecule has 106 valence electrons. The lowest BCUT2D eigenvalue weighted by Gasteiger charge is -2.25. The van der Waals surface area contributed by atoms with Crippen molar-refractivity contribution in [1.29, 1.82) is 0 Å². The van der Waals surface area contributed by atoms with Crippen molar-refractivity contribution in [2.24, 2.45) is 5.73 Å². The van der Waals surface area contributed by atoms with Gasteiger partial charge >= 0.3 is 0 Å². The quantitative estimate of drug-likeness (QED) is 0.886. The normalized spacial score (nSPS) is 10.6. The van der Waals surface area contributed by atoms with Gasteiger partial charge in [0.2, 0.25) is 0 Å². The van der Waals surface area contributed by atoms with Gasteiger partial charge in [0.1, 0.15) is 5.02 Å². The van der Waals surface area contributed by atoms with E-state index in [1.807, 2.05) is 36.1 Å². The second-order valence-corrected chi connectivity index (χ2v) is 4.83. The Morgan fingerprint density at radius 3 is 2.85 bits per heavy atom. The Morgan fingerprint density at radius 2 is 2.15 bits per heavy atom. The summed E-state index contributed by atoms with van der Waals surface area (Å²) in [5.41, 5.74) is 7.31. The zero-order valence-corrected chi connectivity index (χ0v) is 12.0. The number of rotatable bonds is 5. The molecule has 1 aromatic carbocycles. The molecule has 0 atom stereocenters. The van der Waals surface area contributed by atoms with Crippen LogP contribution in [0.15, 0.2) is 35.4 Å². The summed E-state index contributed by atoms with van der Waals surface area (Å²) in [5, 5.41) is 0.0905. The van der Waals surface area contributed by atoms with Gasteiger partial charge in [-0.05, 0) is 31.5 Å². The second-order valence-electron chi connectivity index (χ2n) is 4.45. The van der Waals surface area contributed by atoms with Gasteiger partial charge < -0.3 is 15.6 Å². The molecule has 0 bridgehead atoms. The third kappa shape index (κ3) is 3.00. The van der Waals surface area contributed by atoms with Crippen LogP contribution in [-0.4, -0.2) is 23.1 Å². The lowest BCUT2D eigenvalue weighted by molar-refractivity contribution is 0.806. The molecule has 2 aromatic rings. The van der Waals surface area contributed by atoms with E-state index >= 15 is 0 Å². The minimum Gasteiger partial charge on any atom is -0.330 e. The van der Waals surface area contributed by atoms with Crippen LogP contribution < -0.4 is 16.2 Å². The Bertz CT molecular complexity index is 641. The van der Waals surface area contributed by atoms with Crippen molar-refractivity contribution in [1.82, 2.24) is 9.97 Å². The predicted octanol–water partition coefficient (Wildman–Crippen LogP) is 2.22. The Hall–Kier alpha value is -1.85. The molecule has 1 heterocycles. The molecule has 0 aliphatic rings. The minimum absolute atomic E-state index is 0.0905. The zero-order valence-electron chi connectivity index (χ0n) is 11.3. The van der Waals surface area contributed by atoms with Crippen LogP contribution in [0.5, 0.6) is 0 Å². The SMILES string of the molecule is Cc1ccccc1N(CCCN)c1nc[nH]c(=O)c1Cl. The molecule has 0 saturated carbocycles. The highest BCUT2D eigenvalue weighted by Gasteiger charge is 2.17. The van der Waals surface area contributed by atoms with E-state index in [1.165, 1.54) is 6.33 Å². The topological polar surface area (TPSA) is 75.0 Å². The van der Waals surface area contributed by atoms with Gasteiger partial charge in [0, 0.05) is 12.2 Å². The first-order chi connectivity index (χ1) is 9.65. The van der Waals surface area contributed by atoms with Crippen LogP contribution >= 0.6 is 11.6 Å². The van der Waals surface area contributed by atoms with Gasteiger partial charge in [0.15, 0.2) is 5.82 Å². The second kappa shape index (κ2) is 6.54. The van der Waals surface area contributed by atoms with E-state index in [4.69, 9.17) is 17.3 Å². The fourth-order valence-corrected chi connectivity index (χ4v) is 2.22. The molecular formula is C14H17ClN4O. The maximum atomic E-state index is 11.7. The predicted molar refractivity (Wildman–Crippen MR) is 81.7 cm³/mol. The number of nitrogens with two attached hydrogens (primary N) is 1. The minimum atomic E-state index is -0.344. The van der Waals surface area contributed by atoms with Gasteiger partial charge in [0.25, 0.3) is 5.56 Å². The molecule has 0 unspecified atom stereocenters. The van der Waals surface area contributed by atoms with E-state index in [2.05, 4.69) is 9.97 Å². The van der Waals surface area contributed by atoms with Gasteiger partial charge in [0.05, 0.1) is 6.33 Å². The fraction of sp³-hybridized carbons (Fsp3) is 0.286. The number of H-pyrrole nitrogens is 1. The van der Waals surface area contributed by atoms with Crippen LogP contribution in [0.25, 0.3) is 0 Å². The number of nitrogens with zero attached hydrogens (tertiary/aromatic N) is 2. The number of hydrogen-bond acceptors (Lipinski definition) is 4. The van der Waals surface area contributed by atoms with Crippen molar-refractivity contribution in [3.63, 3.8) is 0 Å². The maximum absolute atomic E-state index is 11.7. The monoisotopic (exact) mass is 292 g/mol. The van der Waals surface area contributed by atoms with Crippen molar-refractivity contribution in [3.8, 4) is 0 Å². The van der Waals surface area contributed by atoms with E-state index in [0.29, 0.717) is 18.9 Å². The highest BCUT2D eigenvalue weighted by Crippen LogP contribution is 2.29. The summed E-state index contributed by atoms with van der Waals surface area (Å²) in [7, 11) is 0. The van der Waals surface area contributed by atoms with Crippen LogP contribution in [0.3, 0.4) is 0 Å². The molecule has 5 nitrogen and oxygen atoms in total. The lowest BCUT2D eigenvalue weighted by atomic mass is 10.1. The third-order valence-corrected chi connectivity index (χ3v) is 3.37. The summed E-state index contributed by atoms with van der Waals surface area (Å²) in [6, 6.07) is 7.89. The molecule has 3 N–H and O–H groups in total. The van der Waals surface area contributed by atoms with Crippen LogP contribution in [0.1, 0.15) is 12.0 Å². The number of nitrogens with one attached hydrogen (secondary N) is 1. The standard InChI is InChI=1S/C14H17ClN4O/c1-10-5-2-3-6-11(10)19(8-4-7-16)13-12(15)14(20)18-9-17-13/h2-3,5-6,9H,4,7-8,16H2,1H3,(H,17,18,20). The highest BCUT2D eigenvalue weighted by atomic mass is 35.5. The number of aromatic nitrogens is 2. The Balaban J connectivity index is 2.50. The van der Waals surface area contributed by atoms with Gasteiger partial charge in [-0.3, -0.25) is 4.79 Å². The lowest BCUT2D eigenvalue weighted by Crippen LogP contribution is -2.25. The summed E-state index contributed by atoms with van der Waals surface area (Å²) in [6.07, 6.45) is 2.14. The summed E-state index contributed by atoms with van der Waals surface area (Å²) in [4.78, 5) is 20.3. The number of aryl methyl sites for hydroxylation is 1. The van der Waals surface area contributed by atoms with Crippen molar-refractivity contribution >= 4 is 23.1 Å². The molecule has 0 aliphatic carbocycles. The molecule has 0 fully saturated rings. The number of para-hydroxylation sites is 1. The molecule has 1 aromatic heterocycles. The largest absolute Gasteiger partial charge is 0.330 e. The zero-order chi connectivity index (χ0) is 14.5. The van der Waals surface area contributed by atoms with Gasteiger partial charge in [-0.15, -0.1) is 0 Å². The smallest absolute Gasteiger partial charge is 0.271 e. The van der Waals surface area contributed by atoms with Crippen molar-refractivity contribution in [2.75, 3.05) is 18.0 Å². The molecule has 0 saturated heterocycles. The van der Waals surface area contributed by atoms with E-state index in [0.717, 1.165) is 17.7 Å². The van der Waals surface area contributed by atoms with E-state index in [9.17, 15) is 4.79 Å². The maximum Gasteiger partial charge on any atom is 0.271 e. The van der Waals surface area contributed by atoms with Gasteiger partial charge in [-0.2, -0.15) is 0 Å². The molecule has 2 rings (SSSR count). The molecule has 6 heteroatoms. The van der Waals surface area contributed by atoms with Crippen LogP contribution in [0, 0.1) is 6.92 Å². The number of hydrogen-bond donors (Lipinski definition) is 2. The van der Waals surface area contributed by atoms with Crippen LogP contribution in [0.4, 0.5) is 11.5 Å². The third-order valence-electron chi connectivity index (χ3n) is 3.03. The Labute approximate surface area is 122 Å². The molecule has 0 aliphatic heterocycles. The van der Waals surface area contributed by atoms with E-state index in [1.54, 1.807) is 0 Å². The van der Waals surface area contributed by atoms with E-state index < -0.39 is 0 Å². The fourth-order valence-electron chi connectivity index (χ4n) is 2.02. The molecule has 0 radical (unpaired) electrons. The number of halogens is 1. The molecule has 20 heavy (non-hydrogen) atoms.